The smallest absolute Gasteiger partial charge is 0.193 e. The molecule has 1 heterocycles. The van der Waals surface area contributed by atoms with E-state index in [2.05, 4.69) is 70.9 Å². The van der Waals surface area contributed by atoms with Gasteiger partial charge in [0.2, 0.25) is 0 Å². The normalized spacial score (nSPS) is 11.5. The summed E-state index contributed by atoms with van der Waals surface area (Å²) in [7, 11) is 5.99. The van der Waals surface area contributed by atoms with Gasteiger partial charge >= 0.3 is 0 Å². The molecule has 1 aromatic rings. The van der Waals surface area contributed by atoms with Gasteiger partial charge in [0.05, 0.1) is 6.54 Å². The molecule has 128 valence electrons. The van der Waals surface area contributed by atoms with Crippen LogP contribution in [0.25, 0.3) is 0 Å². The number of guanidine groups is 1. The third kappa shape index (κ3) is 7.00. The highest BCUT2D eigenvalue weighted by molar-refractivity contribution is 14.0. The van der Waals surface area contributed by atoms with Crippen molar-refractivity contribution in [1.82, 2.24) is 19.7 Å². The van der Waals surface area contributed by atoms with Crippen molar-refractivity contribution in [2.75, 3.05) is 40.3 Å². The van der Waals surface area contributed by atoms with Crippen LogP contribution in [0.15, 0.2) is 23.3 Å². The minimum Gasteiger partial charge on any atom is -0.355 e. The van der Waals surface area contributed by atoms with Gasteiger partial charge in [-0.15, -0.1) is 24.0 Å². The molecule has 0 saturated heterocycles. The average molecular weight is 421 g/mol. The van der Waals surface area contributed by atoms with Crippen LogP contribution < -0.4 is 5.32 Å². The van der Waals surface area contributed by atoms with Crippen molar-refractivity contribution >= 4 is 29.9 Å². The number of likely N-dealkylation sites (N-methyl/N-ethyl adjacent to an activating group) is 1. The molecule has 0 fully saturated rings. The molecule has 0 aliphatic rings. The zero-order valence-electron chi connectivity index (χ0n) is 14.7. The van der Waals surface area contributed by atoms with Crippen molar-refractivity contribution < 1.29 is 0 Å². The van der Waals surface area contributed by atoms with Gasteiger partial charge in [0.1, 0.15) is 0 Å². The Balaban J connectivity index is 0.00000441. The number of aliphatic imine (C=N–C) groups is 1. The number of nitrogens with one attached hydrogen (secondary N) is 1. The molecule has 1 N–H and O–H groups in total. The third-order valence-electron chi connectivity index (χ3n) is 3.72. The molecule has 0 aliphatic heterocycles. The maximum Gasteiger partial charge on any atom is 0.193 e. The Hall–Kier alpha value is -0.760. The number of rotatable bonds is 8. The van der Waals surface area contributed by atoms with E-state index in [0.717, 1.165) is 38.7 Å². The molecular formula is C16H32IN5. The summed E-state index contributed by atoms with van der Waals surface area (Å²) in [6, 6.07) is 4.22. The minimum absolute atomic E-state index is 0. The van der Waals surface area contributed by atoms with Crippen LogP contribution in [-0.4, -0.2) is 60.6 Å². The Morgan fingerprint density at radius 1 is 1.32 bits per heavy atom. The van der Waals surface area contributed by atoms with Crippen molar-refractivity contribution in [3.8, 4) is 0 Å². The number of hydrogen-bond donors (Lipinski definition) is 1. The van der Waals surface area contributed by atoms with Crippen LogP contribution in [0.5, 0.6) is 0 Å². The first-order valence-corrected chi connectivity index (χ1v) is 7.86. The molecule has 22 heavy (non-hydrogen) atoms. The standard InChI is InChI=1S/C16H31N5.HI/c1-6-11-21(7-2)13-10-18-16(17-3)20(5)14-15-9-8-12-19(15)4;/h8-9,12H,6-7,10-11,13-14H2,1-5H3,(H,17,18);1H. The van der Waals surface area contributed by atoms with Gasteiger partial charge in [0.25, 0.3) is 0 Å². The fraction of sp³-hybridized carbons (Fsp3) is 0.688. The quantitative estimate of drug-likeness (QED) is 0.398. The van der Waals surface area contributed by atoms with Gasteiger partial charge in [-0.2, -0.15) is 0 Å². The van der Waals surface area contributed by atoms with Crippen LogP contribution in [0.2, 0.25) is 0 Å². The zero-order chi connectivity index (χ0) is 15.7. The van der Waals surface area contributed by atoms with Crippen molar-refractivity contribution in [3.63, 3.8) is 0 Å². The van der Waals surface area contributed by atoms with Gasteiger partial charge in [-0.1, -0.05) is 13.8 Å². The Labute approximate surface area is 152 Å². The number of halogens is 1. The van der Waals surface area contributed by atoms with E-state index in [-0.39, 0.29) is 24.0 Å². The molecule has 1 rings (SSSR count). The van der Waals surface area contributed by atoms with Crippen LogP contribution in [-0.2, 0) is 13.6 Å². The summed E-state index contributed by atoms with van der Waals surface area (Å²) in [5.41, 5.74) is 1.28. The third-order valence-corrected chi connectivity index (χ3v) is 3.72. The van der Waals surface area contributed by atoms with Crippen molar-refractivity contribution in [3.05, 3.63) is 24.0 Å². The lowest BCUT2D eigenvalue weighted by Gasteiger charge is -2.24. The summed E-state index contributed by atoms with van der Waals surface area (Å²) in [4.78, 5) is 8.98. The summed E-state index contributed by atoms with van der Waals surface area (Å²) < 4.78 is 2.14. The predicted octanol–water partition coefficient (Wildman–Crippen LogP) is 2.38. The van der Waals surface area contributed by atoms with E-state index in [4.69, 9.17) is 0 Å². The van der Waals surface area contributed by atoms with Crippen LogP contribution >= 0.6 is 24.0 Å². The predicted molar refractivity (Wildman–Crippen MR) is 106 cm³/mol. The molecule has 0 aromatic carbocycles. The second-order valence-electron chi connectivity index (χ2n) is 5.37. The largest absolute Gasteiger partial charge is 0.355 e. The van der Waals surface area contributed by atoms with Gasteiger partial charge in [-0.25, -0.2) is 0 Å². The highest BCUT2D eigenvalue weighted by Gasteiger charge is 2.08. The Morgan fingerprint density at radius 2 is 2.05 bits per heavy atom. The second kappa shape index (κ2) is 11.8. The molecular weight excluding hydrogens is 389 g/mol. The lowest BCUT2D eigenvalue weighted by atomic mass is 10.4. The fourth-order valence-corrected chi connectivity index (χ4v) is 2.43. The van der Waals surface area contributed by atoms with E-state index >= 15 is 0 Å². The SMILES string of the molecule is CCCN(CC)CCNC(=NC)N(C)Cc1cccn1C.I. The first kappa shape index (κ1) is 21.2. The molecule has 0 bridgehead atoms. The topological polar surface area (TPSA) is 35.8 Å². The lowest BCUT2D eigenvalue weighted by Crippen LogP contribution is -2.42. The summed E-state index contributed by atoms with van der Waals surface area (Å²) in [6.07, 6.45) is 3.28. The van der Waals surface area contributed by atoms with E-state index < -0.39 is 0 Å². The van der Waals surface area contributed by atoms with Crippen LogP contribution in [0.4, 0.5) is 0 Å². The monoisotopic (exact) mass is 421 g/mol. The first-order valence-electron chi connectivity index (χ1n) is 7.86. The summed E-state index contributed by atoms with van der Waals surface area (Å²) in [5, 5.41) is 3.45. The fourth-order valence-electron chi connectivity index (χ4n) is 2.43. The summed E-state index contributed by atoms with van der Waals surface area (Å²) in [5.74, 6) is 0.948. The second-order valence-corrected chi connectivity index (χ2v) is 5.37. The molecule has 1 aromatic heterocycles. The van der Waals surface area contributed by atoms with Crippen LogP contribution in [0, 0.1) is 0 Å². The first-order chi connectivity index (χ1) is 10.1. The van der Waals surface area contributed by atoms with Gasteiger partial charge in [-0.3, -0.25) is 4.99 Å². The molecule has 0 saturated carbocycles. The zero-order valence-corrected chi connectivity index (χ0v) is 17.0. The molecule has 6 heteroatoms. The molecule has 0 amide bonds. The van der Waals surface area contributed by atoms with Crippen LogP contribution in [0.1, 0.15) is 26.0 Å². The van der Waals surface area contributed by atoms with Gasteiger partial charge in [0, 0.05) is 46.1 Å². The van der Waals surface area contributed by atoms with E-state index in [1.54, 1.807) is 0 Å². The van der Waals surface area contributed by atoms with Crippen molar-refractivity contribution in [2.24, 2.45) is 12.0 Å². The summed E-state index contributed by atoms with van der Waals surface area (Å²) >= 11 is 0. The molecule has 0 spiro atoms. The van der Waals surface area contributed by atoms with Gasteiger partial charge < -0.3 is 19.7 Å². The highest BCUT2D eigenvalue weighted by atomic mass is 127. The van der Waals surface area contributed by atoms with Gasteiger partial charge in [0.15, 0.2) is 5.96 Å². The number of hydrogen-bond acceptors (Lipinski definition) is 2. The maximum atomic E-state index is 4.37. The summed E-state index contributed by atoms with van der Waals surface area (Å²) in [6.45, 7) is 9.55. The Bertz CT molecular complexity index is 430. The molecule has 0 radical (unpaired) electrons. The van der Waals surface area contributed by atoms with Crippen molar-refractivity contribution in [2.45, 2.75) is 26.8 Å². The molecule has 0 aliphatic carbocycles. The van der Waals surface area contributed by atoms with Gasteiger partial charge in [-0.05, 0) is 31.6 Å². The van der Waals surface area contributed by atoms with E-state index in [1.807, 2.05) is 7.05 Å². The number of aromatic nitrogens is 1. The Kier molecular flexibility index (Phi) is 11.4. The molecule has 5 nitrogen and oxygen atoms in total. The average Bonchev–Trinajstić information content (AvgIpc) is 2.87. The van der Waals surface area contributed by atoms with Crippen LogP contribution in [0.3, 0.4) is 0 Å². The molecule has 0 unspecified atom stereocenters. The van der Waals surface area contributed by atoms with E-state index in [9.17, 15) is 0 Å². The molecule has 0 atom stereocenters. The number of aryl methyl sites for hydroxylation is 1. The number of nitrogens with zero attached hydrogens (tertiary/aromatic N) is 4. The highest BCUT2D eigenvalue weighted by Crippen LogP contribution is 2.03. The lowest BCUT2D eigenvalue weighted by molar-refractivity contribution is 0.291. The van der Waals surface area contributed by atoms with E-state index in [1.165, 1.54) is 12.1 Å². The van der Waals surface area contributed by atoms with Crippen molar-refractivity contribution in [1.29, 1.82) is 0 Å². The van der Waals surface area contributed by atoms with E-state index in [0.29, 0.717) is 0 Å². The minimum atomic E-state index is 0. The Morgan fingerprint density at radius 3 is 2.55 bits per heavy atom. The maximum absolute atomic E-state index is 4.37.